The van der Waals surface area contributed by atoms with Crippen molar-refractivity contribution >= 4 is 32.9 Å². The van der Waals surface area contributed by atoms with Gasteiger partial charge in [0, 0.05) is 32.9 Å². The second-order valence-corrected chi connectivity index (χ2v) is 15.4. The van der Waals surface area contributed by atoms with E-state index >= 15 is 0 Å². The molecule has 0 spiro atoms. The maximum Gasteiger partial charge on any atom is 0.0481 e. The molecule has 0 radical (unpaired) electrons. The molecule has 0 bridgehead atoms. The molecule has 0 heterocycles. The molecule has 0 fully saturated rings. The van der Waals surface area contributed by atoms with E-state index in [1.807, 2.05) is 0 Å². The summed E-state index contributed by atoms with van der Waals surface area (Å²) in [7, 11) is 0. The Hall–Kier alpha value is -3.78. The predicted octanol–water partition coefficient (Wildman–Crippen LogP) is 14.5. The maximum absolute atomic E-state index is 7.41. The Kier molecular flexibility index (Phi) is 14.7. The summed E-state index contributed by atoms with van der Waals surface area (Å²) in [5.41, 5.74) is 31.0. The van der Waals surface area contributed by atoms with Crippen molar-refractivity contribution in [2.45, 2.75) is 157 Å². The summed E-state index contributed by atoms with van der Waals surface area (Å²) in [4.78, 5) is 0. The van der Waals surface area contributed by atoms with Crippen molar-refractivity contribution in [3.05, 3.63) is 94.0 Å². The zero-order valence-electron chi connectivity index (χ0n) is 33.7. The number of hydrogen-bond acceptors (Lipinski definition) is 2. The molecule has 5 aromatic rings. The molecule has 4 N–H and O–H groups in total. The SMILES string of the molecule is CCCCc1ccc(-c2ccc3c(N)c4ccccc4c(N)c3c2-c2ccc(CCCC)c(CCCC)c2CCCC)c(CCCC)c1CCCC. The number of rotatable bonds is 20. The lowest BCUT2D eigenvalue weighted by molar-refractivity contribution is 0.735. The summed E-state index contributed by atoms with van der Waals surface area (Å²) in [5.74, 6) is 0. The van der Waals surface area contributed by atoms with Gasteiger partial charge in [-0.15, -0.1) is 0 Å². The molecule has 5 aromatic carbocycles. The van der Waals surface area contributed by atoms with Gasteiger partial charge in [-0.1, -0.05) is 141 Å². The van der Waals surface area contributed by atoms with E-state index in [1.165, 1.54) is 99.3 Å². The van der Waals surface area contributed by atoms with Crippen LogP contribution in [-0.2, 0) is 38.5 Å². The number of unbranched alkanes of at least 4 members (excludes halogenated alkanes) is 6. The lowest BCUT2D eigenvalue weighted by Gasteiger charge is -2.26. The molecule has 0 aliphatic carbocycles. The van der Waals surface area contributed by atoms with E-state index in [9.17, 15) is 0 Å². The predicted molar refractivity (Wildman–Crippen MR) is 233 cm³/mol. The number of fused-ring (bicyclic) bond motifs is 2. The van der Waals surface area contributed by atoms with E-state index in [4.69, 9.17) is 11.5 Å². The van der Waals surface area contributed by atoms with E-state index in [1.54, 1.807) is 33.4 Å². The smallest absolute Gasteiger partial charge is 0.0481 e. The largest absolute Gasteiger partial charge is 0.398 e. The highest BCUT2D eigenvalue weighted by Gasteiger charge is 2.25. The van der Waals surface area contributed by atoms with Crippen molar-refractivity contribution in [3.8, 4) is 22.3 Å². The zero-order valence-corrected chi connectivity index (χ0v) is 33.7. The van der Waals surface area contributed by atoms with Crippen LogP contribution in [0.25, 0.3) is 43.8 Å². The van der Waals surface area contributed by atoms with E-state index < -0.39 is 0 Å². The van der Waals surface area contributed by atoms with Gasteiger partial charge in [-0.05, 0) is 133 Å². The quantitative estimate of drug-likeness (QED) is 0.0483. The number of anilines is 2. The second-order valence-electron chi connectivity index (χ2n) is 15.4. The Morgan fingerprint density at radius 1 is 0.365 bits per heavy atom. The number of nitrogen functional groups attached to an aromatic ring is 2. The molecule has 5 rings (SSSR count). The van der Waals surface area contributed by atoms with Crippen molar-refractivity contribution in [3.63, 3.8) is 0 Å². The van der Waals surface area contributed by atoms with Crippen molar-refractivity contribution in [2.24, 2.45) is 0 Å². The minimum absolute atomic E-state index is 0.832. The topological polar surface area (TPSA) is 52.0 Å². The molecule has 52 heavy (non-hydrogen) atoms. The molecule has 0 aliphatic rings. The van der Waals surface area contributed by atoms with Crippen LogP contribution in [0.3, 0.4) is 0 Å². The first-order valence-corrected chi connectivity index (χ1v) is 21.3. The zero-order chi connectivity index (χ0) is 37.0. The standard InChI is InChI=1S/C50H68N2/c1-7-13-21-35-29-31-41(39(25-17-11-5)37(35)23-15-9-3)43-33-34-46-48(50(52)45-28-20-19-27-44(45)49(46)51)47(43)42-32-30-36(22-14-8-2)38(24-16-10-4)40(42)26-18-12-6/h19-20,27-34H,7-18,21-26,51-52H2,1-6H3. The number of nitrogens with two attached hydrogens (primary N) is 2. The Balaban J connectivity index is 1.97. The van der Waals surface area contributed by atoms with Crippen LogP contribution in [-0.4, -0.2) is 0 Å². The van der Waals surface area contributed by atoms with Crippen LogP contribution in [0.2, 0.25) is 0 Å². The molecule has 0 aromatic heterocycles. The third-order valence-electron chi connectivity index (χ3n) is 11.6. The first-order valence-electron chi connectivity index (χ1n) is 21.3. The first-order chi connectivity index (χ1) is 25.4. The summed E-state index contributed by atoms with van der Waals surface area (Å²) in [5, 5.41) is 4.29. The lowest BCUT2D eigenvalue weighted by Crippen LogP contribution is -2.07. The van der Waals surface area contributed by atoms with E-state index in [0.29, 0.717) is 0 Å². The van der Waals surface area contributed by atoms with E-state index in [-0.39, 0.29) is 0 Å². The van der Waals surface area contributed by atoms with Crippen LogP contribution >= 0.6 is 0 Å². The van der Waals surface area contributed by atoms with Crippen LogP contribution in [0.15, 0.2) is 60.7 Å². The molecular formula is C50H68N2. The highest BCUT2D eigenvalue weighted by Crippen LogP contribution is 2.49. The maximum atomic E-state index is 7.41. The summed E-state index contributed by atoms with van der Waals surface area (Å²) in [6.07, 6.45) is 21.3. The van der Waals surface area contributed by atoms with Crippen LogP contribution in [0, 0.1) is 0 Å². The van der Waals surface area contributed by atoms with E-state index in [0.717, 1.165) is 71.4 Å². The summed E-state index contributed by atoms with van der Waals surface area (Å²) >= 11 is 0. The molecule has 0 atom stereocenters. The second kappa shape index (κ2) is 19.3. The normalized spacial score (nSPS) is 11.7. The van der Waals surface area contributed by atoms with Crippen molar-refractivity contribution in [1.29, 1.82) is 0 Å². The fourth-order valence-electron chi connectivity index (χ4n) is 8.62. The van der Waals surface area contributed by atoms with Crippen molar-refractivity contribution in [2.75, 3.05) is 11.5 Å². The molecule has 278 valence electrons. The van der Waals surface area contributed by atoms with Gasteiger partial charge >= 0.3 is 0 Å². The van der Waals surface area contributed by atoms with Crippen molar-refractivity contribution < 1.29 is 0 Å². The Morgan fingerprint density at radius 3 is 1.27 bits per heavy atom. The van der Waals surface area contributed by atoms with Gasteiger partial charge in [0.05, 0.1) is 0 Å². The fourth-order valence-corrected chi connectivity index (χ4v) is 8.62. The highest BCUT2D eigenvalue weighted by molar-refractivity contribution is 6.24. The van der Waals surface area contributed by atoms with Crippen LogP contribution in [0.5, 0.6) is 0 Å². The van der Waals surface area contributed by atoms with Gasteiger partial charge in [0.2, 0.25) is 0 Å². The molecule has 0 saturated heterocycles. The third-order valence-corrected chi connectivity index (χ3v) is 11.6. The summed E-state index contributed by atoms with van der Waals surface area (Å²) in [6.45, 7) is 14.0. The lowest BCUT2D eigenvalue weighted by atomic mass is 9.78. The molecule has 2 heteroatoms. The van der Waals surface area contributed by atoms with Gasteiger partial charge in [0.25, 0.3) is 0 Å². The summed E-state index contributed by atoms with van der Waals surface area (Å²) < 4.78 is 0. The van der Waals surface area contributed by atoms with Gasteiger partial charge in [-0.2, -0.15) is 0 Å². The minimum atomic E-state index is 0.832. The molecule has 0 amide bonds. The Morgan fingerprint density at radius 2 is 0.769 bits per heavy atom. The van der Waals surface area contributed by atoms with Gasteiger partial charge in [0.15, 0.2) is 0 Å². The minimum Gasteiger partial charge on any atom is -0.398 e. The van der Waals surface area contributed by atoms with Gasteiger partial charge < -0.3 is 11.5 Å². The highest BCUT2D eigenvalue weighted by atomic mass is 14.6. The average Bonchev–Trinajstić information content (AvgIpc) is 3.17. The summed E-state index contributed by atoms with van der Waals surface area (Å²) in [6, 6.07) is 23.1. The Bertz CT molecular complexity index is 1930. The van der Waals surface area contributed by atoms with E-state index in [2.05, 4.69) is 102 Å². The molecule has 0 unspecified atom stereocenters. The molecule has 0 saturated carbocycles. The van der Waals surface area contributed by atoms with Crippen LogP contribution in [0.4, 0.5) is 11.4 Å². The molecular weight excluding hydrogens is 629 g/mol. The fraction of sp³-hybridized carbons (Fsp3) is 0.480. The van der Waals surface area contributed by atoms with Gasteiger partial charge in [-0.25, -0.2) is 0 Å². The molecule has 2 nitrogen and oxygen atoms in total. The number of hydrogen-bond donors (Lipinski definition) is 2. The van der Waals surface area contributed by atoms with Gasteiger partial charge in [0.1, 0.15) is 0 Å². The average molecular weight is 697 g/mol. The monoisotopic (exact) mass is 697 g/mol. The van der Waals surface area contributed by atoms with Crippen LogP contribution in [0.1, 0.15) is 152 Å². The third kappa shape index (κ3) is 8.38. The first kappa shape index (κ1) is 39.4. The van der Waals surface area contributed by atoms with Crippen molar-refractivity contribution in [1.82, 2.24) is 0 Å². The number of aryl methyl sites for hydroxylation is 2. The Labute approximate surface area is 316 Å². The number of benzene rings is 5. The molecule has 0 aliphatic heterocycles. The van der Waals surface area contributed by atoms with Crippen LogP contribution < -0.4 is 11.5 Å². The van der Waals surface area contributed by atoms with Gasteiger partial charge in [-0.3, -0.25) is 0 Å².